The summed E-state index contributed by atoms with van der Waals surface area (Å²) in [5.41, 5.74) is 4.32. The van der Waals surface area contributed by atoms with Crippen LogP contribution in [0.2, 0.25) is 0 Å². The third-order valence-corrected chi connectivity index (χ3v) is 3.59. The van der Waals surface area contributed by atoms with Crippen molar-refractivity contribution in [3.05, 3.63) is 29.6 Å². The molecule has 1 aromatic carbocycles. The Morgan fingerprint density at radius 1 is 1.40 bits per heavy atom. The fourth-order valence-corrected chi connectivity index (χ4v) is 2.14. The van der Waals surface area contributed by atoms with Gasteiger partial charge in [-0.1, -0.05) is 0 Å². The molecule has 1 N–H and O–H groups in total. The first-order valence-electron chi connectivity index (χ1n) is 6.75. The second kappa shape index (κ2) is 6.05. The summed E-state index contributed by atoms with van der Waals surface area (Å²) in [5, 5.41) is 2.85. The highest BCUT2D eigenvalue weighted by atomic mass is 16.5. The normalized spacial score (nSPS) is 12.6. The number of nitrogens with zero attached hydrogens (tertiary/aromatic N) is 2. The number of hydrogen-bond acceptors (Lipinski definition) is 3. The van der Waals surface area contributed by atoms with Crippen LogP contribution in [0.3, 0.4) is 0 Å². The number of aromatic nitrogens is 2. The van der Waals surface area contributed by atoms with Gasteiger partial charge in [-0.2, -0.15) is 0 Å². The lowest BCUT2D eigenvalue weighted by atomic mass is 10.1. The zero-order valence-electron chi connectivity index (χ0n) is 12.4. The second-order valence-electron chi connectivity index (χ2n) is 5.04. The third kappa shape index (κ3) is 2.82. The zero-order chi connectivity index (χ0) is 14.7. The lowest BCUT2D eigenvalue weighted by molar-refractivity contribution is -0.123. The summed E-state index contributed by atoms with van der Waals surface area (Å²) in [4.78, 5) is 16.5. The molecular weight excluding hydrogens is 254 g/mol. The van der Waals surface area contributed by atoms with Gasteiger partial charge in [0.2, 0.25) is 5.91 Å². The Labute approximate surface area is 118 Å². The van der Waals surface area contributed by atoms with Gasteiger partial charge in [0.1, 0.15) is 6.04 Å². The summed E-state index contributed by atoms with van der Waals surface area (Å²) in [6.07, 6.45) is 1.73. The summed E-state index contributed by atoms with van der Waals surface area (Å²) in [6, 6.07) is 3.84. The molecule has 0 bridgehead atoms. The number of ether oxygens (including phenoxy) is 1. The minimum atomic E-state index is -0.293. The molecule has 0 radical (unpaired) electrons. The van der Waals surface area contributed by atoms with Gasteiger partial charge in [-0.25, -0.2) is 4.98 Å². The molecule has 0 aliphatic rings. The summed E-state index contributed by atoms with van der Waals surface area (Å²) in [7, 11) is 1.62. The number of carbonyl (C=O) groups is 1. The quantitative estimate of drug-likeness (QED) is 0.849. The Morgan fingerprint density at radius 3 is 2.80 bits per heavy atom. The van der Waals surface area contributed by atoms with Crippen molar-refractivity contribution in [2.24, 2.45) is 0 Å². The molecule has 108 valence electrons. The minimum Gasteiger partial charge on any atom is -0.383 e. The number of carbonyl (C=O) groups excluding carboxylic acids is 1. The number of benzene rings is 1. The fraction of sp³-hybridized carbons (Fsp3) is 0.467. The summed E-state index contributed by atoms with van der Waals surface area (Å²) >= 11 is 0. The van der Waals surface area contributed by atoms with Crippen LogP contribution < -0.4 is 5.32 Å². The van der Waals surface area contributed by atoms with Crippen molar-refractivity contribution in [3.8, 4) is 0 Å². The van der Waals surface area contributed by atoms with Gasteiger partial charge in [0.15, 0.2) is 0 Å². The van der Waals surface area contributed by atoms with Gasteiger partial charge in [0.05, 0.1) is 24.0 Å². The maximum Gasteiger partial charge on any atom is 0.242 e. The van der Waals surface area contributed by atoms with Crippen LogP contribution in [0.1, 0.15) is 24.1 Å². The van der Waals surface area contributed by atoms with E-state index in [0.29, 0.717) is 13.2 Å². The van der Waals surface area contributed by atoms with Crippen LogP contribution in [0.15, 0.2) is 18.5 Å². The van der Waals surface area contributed by atoms with Crippen molar-refractivity contribution in [1.82, 2.24) is 14.9 Å². The van der Waals surface area contributed by atoms with Crippen molar-refractivity contribution in [1.29, 1.82) is 0 Å². The van der Waals surface area contributed by atoms with Crippen LogP contribution in [0.5, 0.6) is 0 Å². The molecular formula is C15H21N3O2. The van der Waals surface area contributed by atoms with Gasteiger partial charge in [0, 0.05) is 13.7 Å². The molecule has 0 aliphatic carbocycles. The van der Waals surface area contributed by atoms with Crippen molar-refractivity contribution in [2.45, 2.75) is 26.8 Å². The number of imidazole rings is 1. The molecule has 1 atom stereocenters. The molecule has 1 amide bonds. The Balaban J connectivity index is 2.24. The van der Waals surface area contributed by atoms with Gasteiger partial charge in [-0.3, -0.25) is 4.79 Å². The first-order valence-corrected chi connectivity index (χ1v) is 6.75. The average Bonchev–Trinajstić information content (AvgIpc) is 2.81. The maximum absolute atomic E-state index is 12.1. The monoisotopic (exact) mass is 275 g/mol. The number of fused-ring (bicyclic) bond motifs is 1. The minimum absolute atomic E-state index is 0.0282. The lowest BCUT2D eigenvalue weighted by Gasteiger charge is -2.15. The van der Waals surface area contributed by atoms with Crippen molar-refractivity contribution < 1.29 is 9.53 Å². The smallest absolute Gasteiger partial charge is 0.242 e. The van der Waals surface area contributed by atoms with E-state index in [2.05, 4.69) is 36.3 Å². The number of hydrogen-bond donors (Lipinski definition) is 1. The number of rotatable bonds is 5. The van der Waals surface area contributed by atoms with E-state index < -0.39 is 0 Å². The Bertz CT molecular complexity index is 619. The molecule has 2 rings (SSSR count). The van der Waals surface area contributed by atoms with Crippen molar-refractivity contribution in [2.75, 3.05) is 20.3 Å². The molecule has 20 heavy (non-hydrogen) atoms. The van der Waals surface area contributed by atoms with Crippen LogP contribution in [-0.4, -0.2) is 35.7 Å². The van der Waals surface area contributed by atoms with Crippen LogP contribution in [0.4, 0.5) is 0 Å². The van der Waals surface area contributed by atoms with Crippen LogP contribution in [0, 0.1) is 13.8 Å². The lowest BCUT2D eigenvalue weighted by Crippen LogP contribution is -2.33. The fourth-order valence-electron chi connectivity index (χ4n) is 2.14. The zero-order valence-corrected chi connectivity index (χ0v) is 12.4. The molecule has 1 unspecified atom stereocenters. The van der Waals surface area contributed by atoms with Gasteiger partial charge in [0.25, 0.3) is 0 Å². The SMILES string of the molecule is COCCNC(=O)C(C)n1cnc2cc(C)c(C)cc21. The predicted molar refractivity (Wildman–Crippen MR) is 78.8 cm³/mol. The molecule has 5 nitrogen and oxygen atoms in total. The largest absolute Gasteiger partial charge is 0.383 e. The van der Waals surface area contributed by atoms with Gasteiger partial charge in [-0.15, -0.1) is 0 Å². The van der Waals surface area contributed by atoms with E-state index in [1.54, 1.807) is 13.4 Å². The molecule has 0 aliphatic heterocycles. The maximum atomic E-state index is 12.1. The van der Waals surface area contributed by atoms with E-state index in [0.717, 1.165) is 11.0 Å². The first-order chi connectivity index (χ1) is 9.54. The van der Waals surface area contributed by atoms with E-state index in [-0.39, 0.29) is 11.9 Å². The molecule has 0 saturated carbocycles. The van der Waals surface area contributed by atoms with E-state index in [9.17, 15) is 4.79 Å². The molecule has 0 saturated heterocycles. The third-order valence-electron chi connectivity index (χ3n) is 3.59. The highest BCUT2D eigenvalue weighted by molar-refractivity contribution is 5.84. The Hall–Kier alpha value is -1.88. The summed E-state index contributed by atoms with van der Waals surface area (Å²) in [6.45, 7) is 7.04. The Kier molecular flexibility index (Phi) is 4.39. The highest BCUT2D eigenvalue weighted by Gasteiger charge is 2.17. The van der Waals surface area contributed by atoms with E-state index in [1.165, 1.54) is 11.1 Å². The van der Waals surface area contributed by atoms with Gasteiger partial charge in [-0.05, 0) is 44.0 Å². The van der Waals surface area contributed by atoms with Crippen LogP contribution >= 0.6 is 0 Å². The van der Waals surface area contributed by atoms with E-state index >= 15 is 0 Å². The van der Waals surface area contributed by atoms with E-state index in [4.69, 9.17) is 4.74 Å². The van der Waals surface area contributed by atoms with Crippen LogP contribution in [-0.2, 0) is 9.53 Å². The predicted octanol–water partition coefficient (Wildman–Crippen LogP) is 1.98. The number of amides is 1. The molecule has 1 heterocycles. The van der Waals surface area contributed by atoms with E-state index in [1.807, 2.05) is 11.5 Å². The Morgan fingerprint density at radius 2 is 2.10 bits per heavy atom. The summed E-state index contributed by atoms with van der Waals surface area (Å²) in [5.74, 6) is -0.0282. The summed E-state index contributed by atoms with van der Waals surface area (Å²) < 4.78 is 6.83. The topological polar surface area (TPSA) is 56.1 Å². The number of methoxy groups -OCH3 is 1. The average molecular weight is 275 g/mol. The second-order valence-corrected chi connectivity index (χ2v) is 5.04. The highest BCUT2D eigenvalue weighted by Crippen LogP contribution is 2.21. The molecule has 0 fully saturated rings. The van der Waals surface area contributed by atoms with Gasteiger partial charge >= 0.3 is 0 Å². The van der Waals surface area contributed by atoms with Gasteiger partial charge < -0.3 is 14.6 Å². The molecule has 5 heteroatoms. The number of nitrogens with one attached hydrogen (secondary N) is 1. The first kappa shape index (κ1) is 14.5. The molecule has 2 aromatic rings. The molecule has 1 aromatic heterocycles. The van der Waals surface area contributed by atoms with Crippen LogP contribution in [0.25, 0.3) is 11.0 Å². The van der Waals surface area contributed by atoms with Crippen molar-refractivity contribution in [3.63, 3.8) is 0 Å². The van der Waals surface area contributed by atoms with Crippen molar-refractivity contribution >= 4 is 16.9 Å². The molecule has 0 spiro atoms. The number of aryl methyl sites for hydroxylation is 2. The standard InChI is InChI=1S/C15H21N3O2/c1-10-7-13-14(8-11(10)2)18(9-17-13)12(3)15(19)16-5-6-20-4/h7-9,12H,5-6H2,1-4H3,(H,16,19).